The van der Waals surface area contributed by atoms with Gasteiger partial charge in [0.15, 0.2) is 0 Å². The number of hydrogen-bond acceptors (Lipinski definition) is 2. The number of furan rings is 1. The van der Waals surface area contributed by atoms with Crippen molar-refractivity contribution in [3.63, 3.8) is 0 Å². The summed E-state index contributed by atoms with van der Waals surface area (Å²) < 4.78 is 42.6. The van der Waals surface area contributed by atoms with Crippen LogP contribution in [-0.2, 0) is 12.7 Å². The molecule has 0 aliphatic rings. The minimum atomic E-state index is -4.30. The van der Waals surface area contributed by atoms with Crippen LogP contribution in [0.15, 0.2) is 41.0 Å². The highest BCUT2D eigenvalue weighted by Gasteiger charge is 2.30. The van der Waals surface area contributed by atoms with Crippen LogP contribution in [0.5, 0.6) is 0 Å². The Morgan fingerprint density at radius 1 is 1.11 bits per heavy atom. The Morgan fingerprint density at radius 3 is 2.33 bits per heavy atom. The van der Waals surface area contributed by atoms with Crippen LogP contribution in [0.1, 0.15) is 11.3 Å². The average Bonchev–Trinajstić information content (AvgIpc) is 2.77. The third kappa shape index (κ3) is 2.56. The molecular formula is C13H12F3NO. The van der Waals surface area contributed by atoms with Gasteiger partial charge in [0.05, 0.1) is 18.4 Å². The molecule has 0 spiro atoms. The highest BCUT2D eigenvalue weighted by atomic mass is 19.4. The molecule has 2 rings (SSSR count). The van der Waals surface area contributed by atoms with Crippen LogP contribution in [0.4, 0.5) is 13.2 Å². The molecule has 0 aliphatic carbocycles. The predicted molar refractivity (Wildman–Crippen MR) is 61.9 cm³/mol. The molecule has 1 N–H and O–H groups in total. The Balaban J connectivity index is 2.32. The average molecular weight is 255 g/mol. The number of nitrogens with one attached hydrogen (secondary N) is 1. The molecule has 96 valence electrons. The summed E-state index contributed by atoms with van der Waals surface area (Å²) in [6.07, 6.45) is -2.78. The van der Waals surface area contributed by atoms with Gasteiger partial charge in [-0.25, -0.2) is 0 Å². The van der Waals surface area contributed by atoms with E-state index in [1.54, 1.807) is 13.1 Å². The Kier molecular flexibility index (Phi) is 3.43. The zero-order chi connectivity index (χ0) is 13.2. The standard InChI is InChI=1S/C13H12F3NO/c1-17-8-12-11(6-7-18-12)9-2-4-10(5-3-9)13(14,15)16/h2-7,17H,8H2,1H3. The topological polar surface area (TPSA) is 25.2 Å². The molecular weight excluding hydrogens is 243 g/mol. The van der Waals surface area contributed by atoms with Crippen LogP contribution in [-0.4, -0.2) is 7.05 Å². The molecule has 0 saturated carbocycles. The summed E-state index contributed by atoms with van der Waals surface area (Å²) in [4.78, 5) is 0. The van der Waals surface area contributed by atoms with Gasteiger partial charge in [-0.05, 0) is 30.8 Å². The van der Waals surface area contributed by atoms with Gasteiger partial charge >= 0.3 is 6.18 Å². The van der Waals surface area contributed by atoms with Gasteiger partial charge in [-0.3, -0.25) is 0 Å². The van der Waals surface area contributed by atoms with Gasteiger partial charge in [0.25, 0.3) is 0 Å². The molecule has 0 radical (unpaired) electrons. The predicted octanol–water partition coefficient (Wildman–Crippen LogP) is 3.68. The first kappa shape index (κ1) is 12.7. The first-order valence-corrected chi connectivity index (χ1v) is 5.41. The second-order valence-electron chi connectivity index (χ2n) is 3.86. The van der Waals surface area contributed by atoms with E-state index in [4.69, 9.17) is 4.42 Å². The number of rotatable bonds is 3. The second-order valence-corrected chi connectivity index (χ2v) is 3.86. The van der Waals surface area contributed by atoms with Crippen LogP contribution in [0, 0.1) is 0 Å². The number of halogens is 3. The summed E-state index contributed by atoms with van der Waals surface area (Å²) >= 11 is 0. The minimum Gasteiger partial charge on any atom is -0.467 e. The quantitative estimate of drug-likeness (QED) is 0.904. The summed E-state index contributed by atoms with van der Waals surface area (Å²) in [5, 5.41) is 2.94. The molecule has 1 heterocycles. The lowest BCUT2D eigenvalue weighted by atomic mass is 10.0. The van der Waals surface area contributed by atoms with E-state index in [9.17, 15) is 13.2 Å². The molecule has 0 fully saturated rings. The normalized spacial score (nSPS) is 11.8. The number of hydrogen-bond donors (Lipinski definition) is 1. The number of alkyl halides is 3. The highest BCUT2D eigenvalue weighted by molar-refractivity contribution is 5.65. The first-order chi connectivity index (χ1) is 8.52. The summed E-state index contributed by atoms with van der Waals surface area (Å²) in [6.45, 7) is 0.531. The molecule has 18 heavy (non-hydrogen) atoms. The molecule has 0 aliphatic heterocycles. The number of benzene rings is 1. The lowest BCUT2D eigenvalue weighted by Crippen LogP contribution is -2.05. The van der Waals surface area contributed by atoms with E-state index in [1.165, 1.54) is 18.4 Å². The van der Waals surface area contributed by atoms with Crippen LogP contribution in [0.3, 0.4) is 0 Å². The second kappa shape index (κ2) is 4.86. The van der Waals surface area contributed by atoms with Gasteiger partial charge in [-0.2, -0.15) is 13.2 Å². The third-order valence-corrected chi connectivity index (χ3v) is 2.61. The van der Waals surface area contributed by atoms with Crippen molar-refractivity contribution in [3.8, 4) is 11.1 Å². The Labute approximate surface area is 102 Å². The maximum atomic E-state index is 12.4. The van der Waals surface area contributed by atoms with Crippen molar-refractivity contribution >= 4 is 0 Å². The monoisotopic (exact) mass is 255 g/mol. The van der Waals surface area contributed by atoms with Crippen LogP contribution in [0.2, 0.25) is 0 Å². The molecule has 0 saturated heterocycles. The van der Waals surface area contributed by atoms with E-state index in [0.29, 0.717) is 17.9 Å². The molecule has 0 bridgehead atoms. The fourth-order valence-corrected chi connectivity index (χ4v) is 1.73. The largest absolute Gasteiger partial charge is 0.467 e. The molecule has 5 heteroatoms. The first-order valence-electron chi connectivity index (χ1n) is 5.41. The maximum absolute atomic E-state index is 12.4. The lowest BCUT2D eigenvalue weighted by Gasteiger charge is -2.07. The maximum Gasteiger partial charge on any atom is 0.416 e. The summed E-state index contributed by atoms with van der Waals surface area (Å²) in [7, 11) is 1.78. The third-order valence-electron chi connectivity index (χ3n) is 2.61. The Bertz CT molecular complexity index is 514. The van der Waals surface area contributed by atoms with Gasteiger partial charge in [0, 0.05) is 5.56 Å². The van der Waals surface area contributed by atoms with Gasteiger partial charge < -0.3 is 9.73 Å². The molecule has 1 aromatic heterocycles. The van der Waals surface area contributed by atoms with Crippen molar-refractivity contribution in [1.29, 1.82) is 0 Å². The summed E-state index contributed by atoms with van der Waals surface area (Å²) in [5.41, 5.74) is 0.866. The van der Waals surface area contributed by atoms with Gasteiger partial charge in [0.1, 0.15) is 5.76 Å². The summed E-state index contributed by atoms with van der Waals surface area (Å²) in [6, 6.07) is 6.80. The van der Waals surface area contributed by atoms with Crippen LogP contribution >= 0.6 is 0 Å². The Hall–Kier alpha value is -1.75. The zero-order valence-corrected chi connectivity index (χ0v) is 9.71. The molecule has 2 nitrogen and oxygen atoms in total. The molecule has 0 amide bonds. The van der Waals surface area contributed by atoms with Crippen LogP contribution < -0.4 is 5.32 Å². The zero-order valence-electron chi connectivity index (χ0n) is 9.71. The fraction of sp³-hybridized carbons (Fsp3) is 0.231. The van der Waals surface area contributed by atoms with Crippen molar-refractivity contribution in [3.05, 3.63) is 47.9 Å². The summed E-state index contributed by atoms with van der Waals surface area (Å²) in [5.74, 6) is 0.706. The van der Waals surface area contributed by atoms with E-state index in [2.05, 4.69) is 5.32 Å². The van der Waals surface area contributed by atoms with Crippen molar-refractivity contribution in [2.24, 2.45) is 0 Å². The van der Waals surface area contributed by atoms with E-state index in [0.717, 1.165) is 17.7 Å². The van der Waals surface area contributed by atoms with Gasteiger partial charge in [-0.1, -0.05) is 12.1 Å². The fourth-order valence-electron chi connectivity index (χ4n) is 1.73. The van der Waals surface area contributed by atoms with E-state index < -0.39 is 11.7 Å². The van der Waals surface area contributed by atoms with Gasteiger partial charge in [0.2, 0.25) is 0 Å². The van der Waals surface area contributed by atoms with E-state index in [-0.39, 0.29) is 0 Å². The van der Waals surface area contributed by atoms with Crippen molar-refractivity contribution < 1.29 is 17.6 Å². The van der Waals surface area contributed by atoms with Crippen LogP contribution in [0.25, 0.3) is 11.1 Å². The Morgan fingerprint density at radius 2 is 1.78 bits per heavy atom. The van der Waals surface area contributed by atoms with Gasteiger partial charge in [-0.15, -0.1) is 0 Å². The molecule has 2 aromatic rings. The van der Waals surface area contributed by atoms with Crippen molar-refractivity contribution in [2.75, 3.05) is 7.05 Å². The lowest BCUT2D eigenvalue weighted by molar-refractivity contribution is -0.137. The smallest absolute Gasteiger partial charge is 0.416 e. The molecule has 0 unspecified atom stereocenters. The SMILES string of the molecule is CNCc1occc1-c1ccc(C(F)(F)F)cc1. The van der Waals surface area contributed by atoms with Crippen molar-refractivity contribution in [1.82, 2.24) is 5.32 Å². The molecule has 1 aromatic carbocycles. The van der Waals surface area contributed by atoms with Crippen molar-refractivity contribution in [2.45, 2.75) is 12.7 Å². The minimum absolute atomic E-state index is 0.531. The van der Waals surface area contributed by atoms with E-state index >= 15 is 0 Å². The highest BCUT2D eigenvalue weighted by Crippen LogP contribution is 2.32. The molecule has 0 atom stereocenters. The van der Waals surface area contributed by atoms with E-state index in [1.807, 2.05) is 0 Å².